The van der Waals surface area contributed by atoms with Crippen molar-refractivity contribution in [3.8, 4) is 5.75 Å². The molecule has 0 aliphatic heterocycles. The molecule has 0 aliphatic rings. The fourth-order valence-corrected chi connectivity index (χ4v) is 2.83. The average Bonchev–Trinajstić information content (AvgIpc) is 2.86. The number of amides is 1. The Morgan fingerprint density at radius 3 is 2.58 bits per heavy atom. The van der Waals surface area contributed by atoms with E-state index in [-0.39, 0.29) is 33.5 Å². The second-order valence-corrected chi connectivity index (χ2v) is 6.20. The lowest BCUT2D eigenvalue weighted by Gasteiger charge is -2.11. The van der Waals surface area contributed by atoms with E-state index in [0.717, 1.165) is 22.2 Å². The van der Waals surface area contributed by atoms with Gasteiger partial charge in [0.25, 0.3) is 5.91 Å². The van der Waals surface area contributed by atoms with E-state index in [1.54, 1.807) is 13.0 Å². The molecule has 0 saturated heterocycles. The molecule has 0 unspecified atom stereocenters. The van der Waals surface area contributed by atoms with Crippen LogP contribution in [0.3, 0.4) is 0 Å². The van der Waals surface area contributed by atoms with Crippen molar-refractivity contribution in [1.29, 1.82) is 0 Å². The largest absolute Gasteiger partial charge is 0.506 e. The fraction of sp³-hybridized carbons (Fsp3) is 0.176. The first-order valence-corrected chi connectivity index (χ1v) is 7.82. The minimum atomic E-state index is -4.63. The van der Waals surface area contributed by atoms with E-state index in [0.29, 0.717) is 0 Å². The van der Waals surface area contributed by atoms with E-state index < -0.39 is 17.6 Å². The van der Waals surface area contributed by atoms with Crippen LogP contribution in [0, 0.1) is 13.8 Å². The zero-order chi connectivity index (χ0) is 19.2. The average molecular weight is 384 g/mol. The zero-order valence-corrected chi connectivity index (χ0v) is 14.4. The van der Waals surface area contributed by atoms with Crippen molar-refractivity contribution in [3.05, 3.63) is 58.0 Å². The second kappa shape index (κ2) is 6.21. The Hall–Kier alpha value is -2.74. The van der Waals surface area contributed by atoms with Crippen LogP contribution in [0.1, 0.15) is 27.3 Å². The predicted molar refractivity (Wildman–Crippen MR) is 90.7 cm³/mol. The normalized spacial score (nSPS) is 11.8. The standard InChI is InChI=1S/C17H13ClF3N3O2/c1-8-3-4-12(13(25)5-8)23-16(26)14-9(2)22-15-11(18)6-10(7-24(14)15)17(19,20)21/h3-7,25H,1-2H3,(H,23,26). The molecule has 0 radical (unpaired) electrons. The number of hydrogen-bond acceptors (Lipinski definition) is 3. The number of aryl methyl sites for hydroxylation is 2. The van der Waals surface area contributed by atoms with E-state index in [9.17, 15) is 23.1 Å². The van der Waals surface area contributed by atoms with Crippen LogP contribution in [0.4, 0.5) is 18.9 Å². The summed E-state index contributed by atoms with van der Waals surface area (Å²) >= 11 is 5.91. The molecule has 2 heterocycles. The highest BCUT2D eigenvalue weighted by Gasteiger charge is 2.33. The number of halogens is 4. The van der Waals surface area contributed by atoms with Gasteiger partial charge in [0.05, 0.1) is 22.0 Å². The number of nitrogens with zero attached hydrogens (tertiary/aromatic N) is 2. The number of carbonyl (C=O) groups is 1. The summed E-state index contributed by atoms with van der Waals surface area (Å²) in [6, 6.07) is 5.39. The summed E-state index contributed by atoms with van der Waals surface area (Å²) in [7, 11) is 0. The maximum absolute atomic E-state index is 13.0. The molecule has 136 valence electrons. The molecule has 26 heavy (non-hydrogen) atoms. The Kier molecular flexibility index (Phi) is 4.31. The Balaban J connectivity index is 2.10. The van der Waals surface area contributed by atoms with Crippen molar-refractivity contribution in [2.75, 3.05) is 5.32 Å². The van der Waals surface area contributed by atoms with Gasteiger partial charge in [-0.15, -0.1) is 0 Å². The Morgan fingerprint density at radius 2 is 1.96 bits per heavy atom. The van der Waals surface area contributed by atoms with Gasteiger partial charge in [-0.25, -0.2) is 4.98 Å². The van der Waals surface area contributed by atoms with Crippen LogP contribution in [0.5, 0.6) is 5.75 Å². The number of fused-ring (bicyclic) bond motifs is 1. The number of rotatable bonds is 2. The number of benzene rings is 1. The van der Waals surface area contributed by atoms with Gasteiger partial charge < -0.3 is 10.4 Å². The summed E-state index contributed by atoms with van der Waals surface area (Å²) in [5.74, 6) is -0.872. The molecule has 0 aliphatic carbocycles. The van der Waals surface area contributed by atoms with Gasteiger partial charge in [-0.2, -0.15) is 13.2 Å². The van der Waals surface area contributed by atoms with Crippen LogP contribution >= 0.6 is 11.6 Å². The summed E-state index contributed by atoms with van der Waals surface area (Å²) in [6.45, 7) is 3.25. The Bertz CT molecular complexity index is 1030. The van der Waals surface area contributed by atoms with Gasteiger partial charge in [0.2, 0.25) is 0 Å². The van der Waals surface area contributed by atoms with E-state index in [4.69, 9.17) is 11.6 Å². The minimum Gasteiger partial charge on any atom is -0.506 e. The third kappa shape index (κ3) is 3.20. The zero-order valence-electron chi connectivity index (χ0n) is 13.6. The maximum Gasteiger partial charge on any atom is 0.417 e. The SMILES string of the molecule is Cc1ccc(NC(=O)c2c(C)nc3c(Cl)cc(C(F)(F)F)cn23)c(O)c1. The van der Waals surface area contributed by atoms with E-state index in [1.165, 1.54) is 19.1 Å². The fourth-order valence-electron chi connectivity index (χ4n) is 2.58. The molecular weight excluding hydrogens is 371 g/mol. The number of pyridine rings is 1. The van der Waals surface area contributed by atoms with Gasteiger partial charge in [-0.3, -0.25) is 9.20 Å². The number of hydrogen-bond donors (Lipinski definition) is 2. The van der Waals surface area contributed by atoms with Gasteiger partial charge in [-0.05, 0) is 37.6 Å². The van der Waals surface area contributed by atoms with Crippen LogP contribution < -0.4 is 5.32 Å². The number of phenols is 1. The quantitative estimate of drug-likeness (QED) is 0.636. The van der Waals surface area contributed by atoms with E-state index in [2.05, 4.69) is 10.3 Å². The molecule has 2 N–H and O–H groups in total. The lowest BCUT2D eigenvalue weighted by Crippen LogP contribution is -2.16. The van der Waals surface area contributed by atoms with Gasteiger partial charge in [0, 0.05) is 6.20 Å². The summed E-state index contributed by atoms with van der Waals surface area (Å²) < 4.78 is 40.1. The molecular formula is C17H13ClF3N3O2. The van der Waals surface area contributed by atoms with E-state index >= 15 is 0 Å². The third-order valence-corrected chi connectivity index (χ3v) is 4.07. The number of alkyl halides is 3. The molecule has 0 bridgehead atoms. The van der Waals surface area contributed by atoms with Crippen LogP contribution in [0.15, 0.2) is 30.5 Å². The summed E-state index contributed by atoms with van der Waals surface area (Å²) in [4.78, 5) is 16.7. The highest BCUT2D eigenvalue weighted by molar-refractivity contribution is 6.33. The van der Waals surface area contributed by atoms with Crippen molar-refractivity contribution in [1.82, 2.24) is 9.38 Å². The van der Waals surface area contributed by atoms with Gasteiger partial charge in [0.1, 0.15) is 11.4 Å². The lowest BCUT2D eigenvalue weighted by molar-refractivity contribution is -0.137. The number of phenolic OH excluding ortho intramolecular Hbond substituents is 1. The monoisotopic (exact) mass is 383 g/mol. The Labute approximate surface area is 151 Å². The molecule has 0 spiro atoms. The number of imidazole rings is 1. The predicted octanol–water partition coefficient (Wildman–Crippen LogP) is 4.58. The molecule has 0 saturated carbocycles. The number of anilines is 1. The molecule has 9 heteroatoms. The second-order valence-electron chi connectivity index (χ2n) is 5.79. The molecule has 1 aromatic carbocycles. The molecule has 3 rings (SSSR count). The first-order chi connectivity index (χ1) is 12.1. The highest BCUT2D eigenvalue weighted by Crippen LogP contribution is 2.33. The summed E-state index contributed by atoms with van der Waals surface area (Å²) in [5.41, 5.74) is 0.0551. The van der Waals surface area contributed by atoms with Gasteiger partial charge in [0.15, 0.2) is 5.65 Å². The number of aromatic nitrogens is 2. The van der Waals surface area contributed by atoms with Crippen molar-refractivity contribution in [2.24, 2.45) is 0 Å². The van der Waals surface area contributed by atoms with Gasteiger partial charge >= 0.3 is 6.18 Å². The number of aromatic hydroxyl groups is 1. The van der Waals surface area contributed by atoms with Crippen molar-refractivity contribution < 1.29 is 23.1 Å². The Morgan fingerprint density at radius 1 is 1.27 bits per heavy atom. The number of nitrogens with one attached hydrogen (secondary N) is 1. The topological polar surface area (TPSA) is 66.6 Å². The van der Waals surface area contributed by atoms with Crippen molar-refractivity contribution >= 4 is 28.8 Å². The molecule has 0 fully saturated rings. The first kappa shape index (κ1) is 18.1. The molecule has 1 amide bonds. The first-order valence-electron chi connectivity index (χ1n) is 7.44. The molecule has 3 aromatic rings. The van der Waals surface area contributed by atoms with Crippen molar-refractivity contribution in [3.63, 3.8) is 0 Å². The smallest absolute Gasteiger partial charge is 0.417 e. The highest BCUT2D eigenvalue weighted by atomic mass is 35.5. The van der Waals surface area contributed by atoms with Crippen LogP contribution in [-0.4, -0.2) is 20.4 Å². The molecule has 5 nitrogen and oxygen atoms in total. The minimum absolute atomic E-state index is 0.0374. The summed E-state index contributed by atoms with van der Waals surface area (Å²) in [5, 5.41) is 12.2. The summed E-state index contributed by atoms with van der Waals surface area (Å²) in [6.07, 6.45) is -3.86. The van der Waals surface area contributed by atoms with Crippen LogP contribution in [0.25, 0.3) is 5.65 Å². The van der Waals surface area contributed by atoms with Crippen molar-refractivity contribution in [2.45, 2.75) is 20.0 Å². The number of carbonyl (C=O) groups excluding carboxylic acids is 1. The third-order valence-electron chi connectivity index (χ3n) is 3.79. The lowest BCUT2D eigenvalue weighted by atomic mass is 10.2. The van der Waals surface area contributed by atoms with Crippen LogP contribution in [-0.2, 0) is 6.18 Å². The molecule has 0 atom stereocenters. The maximum atomic E-state index is 13.0. The molecule has 2 aromatic heterocycles. The van der Waals surface area contributed by atoms with E-state index in [1.807, 2.05) is 0 Å². The van der Waals surface area contributed by atoms with Crippen LogP contribution in [0.2, 0.25) is 5.02 Å². The van der Waals surface area contributed by atoms with Gasteiger partial charge in [-0.1, -0.05) is 17.7 Å².